The minimum atomic E-state index is -0.168. The predicted molar refractivity (Wildman–Crippen MR) is 132 cm³/mol. The molecule has 0 bridgehead atoms. The van der Waals surface area contributed by atoms with Crippen LogP contribution in [0.5, 0.6) is 0 Å². The highest BCUT2D eigenvalue weighted by Gasteiger charge is 2.46. The second kappa shape index (κ2) is 9.52. The monoisotopic (exact) mass is 440 g/mol. The fraction of sp³-hybridized carbons (Fsp3) is 0.593. The van der Waals surface area contributed by atoms with E-state index in [0.29, 0.717) is 5.92 Å². The van der Waals surface area contributed by atoms with Gasteiger partial charge in [-0.2, -0.15) is 5.10 Å². The van der Waals surface area contributed by atoms with E-state index in [4.69, 9.17) is 5.10 Å². The molecule has 0 radical (unpaired) electrons. The molecule has 0 N–H and O–H groups in total. The van der Waals surface area contributed by atoms with E-state index >= 15 is 4.39 Å². The Kier molecular flexibility index (Phi) is 6.95. The Balaban J connectivity index is 1.67. The summed E-state index contributed by atoms with van der Waals surface area (Å²) in [5, 5.41) is 7.74. The molecular weight excluding hydrogens is 403 g/mol. The van der Waals surface area contributed by atoms with Gasteiger partial charge in [0.05, 0.1) is 11.6 Å². The van der Waals surface area contributed by atoms with Gasteiger partial charge in [0.25, 0.3) is 0 Å². The van der Waals surface area contributed by atoms with Crippen LogP contribution in [0.25, 0.3) is 0 Å². The van der Waals surface area contributed by atoms with Gasteiger partial charge in [0, 0.05) is 12.0 Å². The van der Waals surface area contributed by atoms with Crippen LogP contribution in [0, 0.1) is 30.0 Å². The van der Waals surface area contributed by atoms with Crippen LogP contribution in [0.4, 0.5) is 4.39 Å². The van der Waals surface area contributed by atoms with Crippen LogP contribution in [0.15, 0.2) is 47.6 Å². The van der Waals surface area contributed by atoms with Crippen LogP contribution < -0.4 is 0 Å². The molecule has 1 fully saturated rings. The number of aryl methyl sites for hydroxylation is 1. The Hall–Kier alpha value is -1.55. The quantitative estimate of drug-likeness (QED) is 0.460. The van der Waals surface area contributed by atoms with Gasteiger partial charge >= 0.3 is 0 Å². The Morgan fingerprint density at radius 2 is 1.90 bits per heavy atom. The van der Waals surface area contributed by atoms with Crippen molar-refractivity contribution in [2.24, 2.45) is 22.4 Å². The highest BCUT2D eigenvalue weighted by atomic mass is 32.2. The van der Waals surface area contributed by atoms with Gasteiger partial charge in [0.15, 0.2) is 0 Å². The third-order valence-electron chi connectivity index (χ3n) is 7.66. The van der Waals surface area contributed by atoms with Gasteiger partial charge in [0.1, 0.15) is 11.2 Å². The molecule has 4 rings (SSSR count). The highest BCUT2D eigenvalue weighted by molar-refractivity contribution is 7.99. The summed E-state index contributed by atoms with van der Waals surface area (Å²) < 4.78 is 15.1. The Morgan fingerprint density at radius 1 is 1.16 bits per heavy atom. The zero-order valence-corrected chi connectivity index (χ0v) is 20.3. The molecule has 168 valence electrons. The molecule has 2 aliphatic carbocycles. The largest absolute Gasteiger partial charge is 0.283 e. The van der Waals surface area contributed by atoms with Crippen molar-refractivity contribution in [3.05, 3.63) is 59.4 Å². The lowest BCUT2D eigenvalue weighted by Gasteiger charge is -2.34. The van der Waals surface area contributed by atoms with E-state index in [-0.39, 0.29) is 22.5 Å². The molecule has 1 saturated carbocycles. The molecule has 0 saturated heterocycles. The molecule has 1 heterocycles. The summed E-state index contributed by atoms with van der Waals surface area (Å²) >= 11 is 1.82. The van der Waals surface area contributed by atoms with Crippen molar-refractivity contribution in [1.82, 2.24) is 5.01 Å². The number of thioether (sulfide) groups is 1. The molecule has 3 atom stereocenters. The van der Waals surface area contributed by atoms with Crippen LogP contribution in [0.3, 0.4) is 0 Å². The minimum absolute atomic E-state index is 0.0250. The second-order valence-corrected chi connectivity index (χ2v) is 10.9. The zero-order valence-electron chi connectivity index (χ0n) is 19.5. The average molecular weight is 441 g/mol. The predicted octanol–water partition coefficient (Wildman–Crippen LogP) is 7.32. The molecule has 1 aromatic rings. The maximum absolute atomic E-state index is 15.1. The van der Waals surface area contributed by atoms with E-state index < -0.39 is 0 Å². The second-order valence-electron chi connectivity index (χ2n) is 9.94. The van der Waals surface area contributed by atoms with E-state index in [1.54, 1.807) is 6.07 Å². The first kappa shape index (κ1) is 22.6. The van der Waals surface area contributed by atoms with Crippen LogP contribution in [-0.4, -0.2) is 28.9 Å². The molecule has 1 aromatic carbocycles. The van der Waals surface area contributed by atoms with E-state index in [2.05, 4.69) is 56.3 Å². The first-order valence-corrected chi connectivity index (χ1v) is 13.2. The van der Waals surface area contributed by atoms with Crippen molar-refractivity contribution in [3.63, 3.8) is 0 Å². The third-order valence-corrected chi connectivity index (χ3v) is 8.66. The number of hydrazone groups is 1. The standard InChI is InChI=1S/C27H37FN2S/c1-5-20-10-12-21(13-11-20)18-30-26(31-4)24(22-17-19(2)9-14-23(22)28)25(29-30)27(3)15-7-6-8-16-27/h6-9,14-15,17,20-21,24,26H,5,10-13,16,18H2,1-4H3. The topological polar surface area (TPSA) is 15.6 Å². The number of allylic oxidation sites excluding steroid dienone is 4. The van der Waals surface area contributed by atoms with Crippen molar-refractivity contribution >= 4 is 17.5 Å². The maximum Gasteiger partial charge on any atom is 0.127 e. The van der Waals surface area contributed by atoms with Gasteiger partial charge < -0.3 is 0 Å². The van der Waals surface area contributed by atoms with Crippen LogP contribution in [0.2, 0.25) is 0 Å². The smallest absolute Gasteiger partial charge is 0.127 e. The molecule has 31 heavy (non-hydrogen) atoms. The van der Waals surface area contributed by atoms with Gasteiger partial charge in [-0.1, -0.05) is 75.1 Å². The molecule has 0 aromatic heterocycles. The van der Waals surface area contributed by atoms with E-state index in [1.807, 2.05) is 23.9 Å². The lowest BCUT2D eigenvalue weighted by atomic mass is 9.73. The molecule has 0 spiro atoms. The Labute approximate surface area is 192 Å². The highest BCUT2D eigenvalue weighted by Crippen LogP contribution is 2.47. The first-order valence-electron chi connectivity index (χ1n) is 11.9. The van der Waals surface area contributed by atoms with Crippen molar-refractivity contribution in [3.8, 4) is 0 Å². The van der Waals surface area contributed by atoms with Gasteiger partial charge in [-0.25, -0.2) is 4.39 Å². The lowest BCUT2D eigenvalue weighted by Crippen LogP contribution is -2.36. The normalized spacial score (nSPS) is 33.1. The van der Waals surface area contributed by atoms with Gasteiger partial charge in [-0.05, 0) is 55.9 Å². The van der Waals surface area contributed by atoms with Crippen molar-refractivity contribution in [1.29, 1.82) is 0 Å². The Bertz CT molecular complexity index is 868. The van der Waals surface area contributed by atoms with Crippen molar-refractivity contribution in [2.45, 2.75) is 70.6 Å². The number of rotatable bonds is 6. The maximum atomic E-state index is 15.1. The Morgan fingerprint density at radius 3 is 2.55 bits per heavy atom. The summed E-state index contributed by atoms with van der Waals surface area (Å²) in [7, 11) is 0. The molecule has 1 aliphatic heterocycles. The molecular formula is C27H37FN2S. The van der Waals surface area contributed by atoms with E-state index in [0.717, 1.165) is 35.7 Å². The summed E-state index contributed by atoms with van der Waals surface area (Å²) in [6.45, 7) is 7.63. The summed E-state index contributed by atoms with van der Waals surface area (Å²) in [4.78, 5) is 0. The molecule has 4 heteroatoms. The number of benzene rings is 1. The summed E-state index contributed by atoms with van der Waals surface area (Å²) in [6.07, 6.45) is 18.4. The van der Waals surface area contributed by atoms with E-state index in [1.165, 1.54) is 32.1 Å². The summed E-state index contributed by atoms with van der Waals surface area (Å²) in [6, 6.07) is 5.54. The average Bonchev–Trinajstić information content (AvgIpc) is 3.15. The summed E-state index contributed by atoms with van der Waals surface area (Å²) in [5.74, 6) is 1.46. The number of halogens is 1. The number of hydrogen-bond donors (Lipinski definition) is 0. The van der Waals surface area contributed by atoms with Crippen LogP contribution in [0.1, 0.15) is 69.4 Å². The third kappa shape index (κ3) is 4.65. The lowest BCUT2D eigenvalue weighted by molar-refractivity contribution is 0.181. The molecule has 2 nitrogen and oxygen atoms in total. The van der Waals surface area contributed by atoms with Crippen LogP contribution >= 0.6 is 11.8 Å². The SMILES string of the molecule is CCC1CCC(CN2N=C(C3(C)C=CC=CC3)C(c3cc(C)ccc3F)C2SC)CC1. The van der Waals surface area contributed by atoms with Gasteiger partial charge in [0.2, 0.25) is 0 Å². The van der Waals surface area contributed by atoms with Crippen molar-refractivity contribution in [2.75, 3.05) is 12.8 Å². The van der Waals surface area contributed by atoms with Crippen molar-refractivity contribution < 1.29 is 4.39 Å². The minimum Gasteiger partial charge on any atom is -0.283 e. The molecule has 0 amide bonds. The molecule has 3 unspecified atom stereocenters. The number of hydrogen-bond acceptors (Lipinski definition) is 3. The molecule has 3 aliphatic rings. The fourth-order valence-electron chi connectivity index (χ4n) is 5.64. The fourth-order valence-corrected chi connectivity index (χ4v) is 6.57. The summed E-state index contributed by atoms with van der Waals surface area (Å²) in [5.41, 5.74) is 2.87. The van der Waals surface area contributed by atoms with Gasteiger partial charge in [-0.15, -0.1) is 11.8 Å². The zero-order chi connectivity index (χ0) is 22.0. The van der Waals surface area contributed by atoms with E-state index in [9.17, 15) is 0 Å². The van der Waals surface area contributed by atoms with Gasteiger partial charge in [-0.3, -0.25) is 5.01 Å². The van der Waals surface area contributed by atoms with Crippen LogP contribution in [-0.2, 0) is 0 Å². The first-order chi connectivity index (χ1) is 14.9. The number of nitrogens with zero attached hydrogens (tertiary/aromatic N) is 2.